The molecule has 0 bridgehead atoms. The van der Waals surface area contributed by atoms with Crippen LogP contribution in [0.5, 0.6) is 0 Å². The smallest absolute Gasteiger partial charge is 0.354 e. The first-order valence-electron chi connectivity index (χ1n) is 12.5. The molecule has 2 aliphatic rings. The van der Waals surface area contributed by atoms with Crippen molar-refractivity contribution in [1.29, 1.82) is 5.41 Å². The van der Waals surface area contributed by atoms with Crippen LogP contribution in [0.1, 0.15) is 42.7 Å². The zero-order chi connectivity index (χ0) is 25.7. The minimum absolute atomic E-state index is 0.0470. The average molecular weight is 497 g/mol. The number of methoxy groups -OCH3 is 1. The zero-order valence-electron chi connectivity index (χ0n) is 21.3. The lowest BCUT2D eigenvalue weighted by atomic mass is 9.94. The van der Waals surface area contributed by atoms with E-state index in [1.54, 1.807) is 19.4 Å². The van der Waals surface area contributed by atoms with Gasteiger partial charge in [-0.2, -0.15) is 0 Å². The molecule has 10 nitrogen and oxygen atoms in total. The van der Waals surface area contributed by atoms with Crippen LogP contribution in [0.3, 0.4) is 0 Å². The Kier molecular flexibility index (Phi) is 8.37. The fourth-order valence-corrected chi connectivity index (χ4v) is 4.71. The van der Waals surface area contributed by atoms with Crippen molar-refractivity contribution in [3.63, 3.8) is 0 Å². The summed E-state index contributed by atoms with van der Waals surface area (Å²) in [5.41, 5.74) is 2.49. The molecule has 4 rings (SSSR count). The predicted molar refractivity (Wildman–Crippen MR) is 140 cm³/mol. The molecule has 2 aliphatic heterocycles. The van der Waals surface area contributed by atoms with E-state index in [9.17, 15) is 9.90 Å². The molecule has 4 heterocycles. The number of rotatable bonds is 9. The fourth-order valence-electron chi connectivity index (χ4n) is 4.71. The molecule has 2 aromatic rings. The summed E-state index contributed by atoms with van der Waals surface area (Å²) in [5, 5.41) is 22.1. The molecule has 0 radical (unpaired) electrons. The Labute approximate surface area is 212 Å². The summed E-state index contributed by atoms with van der Waals surface area (Å²) in [5.74, 6) is 0.516. The summed E-state index contributed by atoms with van der Waals surface area (Å²) in [6.45, 7) is 9.02. The van der Waals surface area contributed by atoms with Crippen molar-refractivity contribution in [1.82, 2.24) is 9.97 Å². The first-order valence-corrected chi connectivity index (χ1v) is 12.5. The van der Waals surface area contributed by atoms with Crippen molar-refractivity contribution in [2.45, 2.75) is 26.7 Å². The van der Waals surface area contributed by atoms with Crippen molar-refractivity contribution >= 4 is 34.7 Å². The van der Waals surface area contributed by atoms with Crippen LogP contribution in [0.15, 0.2) is 24.4 Å². The topological polar surface area (TPSA) is 124 Å². The minimum atomic E-state index is -1.10. The van der Waals surface area contributed by atoms with Gasteiger partial charge in [0.05, 0.1) is 24.5 Å². The van der Waals surface area contributed by atoms with Crippen molar-refractivity contribution in [2.24, 2.45) is 11.8 Å². The number of ether oxygens (including phenoxy) is 2. The van der Waals surface area contributed by atoms with Crippen LogP contribution in [-0.4, -0.2) is 79.9 Å². The molecule has 3 N–H and O–H groups in total. The summed E-state index contributed by atoms with van der Waals surface area (Å²) in [4.78, 5) is 25.4. The monoisotopic (exact) mass is 496 g/mol. The van der Waals surface area contributed by atoms with Crippen LogP contribution in [0.25, 0.3) is 0 Å². The highest BCUT2D eigenvalue weighted by Crippen LogP contribution is 2.34. The number of piperidine rings is 1. The molecule has 0 amide bonds. The maximum atomic E-state index is 12.0. The van der Waals surface area contributed by atoms with E-state index in [4.69, 9.17) is 14.9 Å². The second-order valence-corrected chi connectivity index (χ2v) is 9.64. The van der Waals surface area contributed by atoms with E-state index < -0.39 is 5.97 Å². The Bertz CT molecular complexity index is 1080. The Morgan fingerprint density at radius 3 is 2.58 bits per heavy atom. The number of morpholine rings is 1. The van der Waals surface area contributed by atoms with Gasteiger partial charge in [-0.05, 0) is 36.8 Å². The van der Waals surface area contributed by atoms with Gasteiger partial charge in [0.25, 0.3) is 0 Å². The number of carboxylic acid groups (broad SMARTS) is 1. The van der Waals surface area contributed by atoms with Crippen LogP contribution in [0.4, 0.5) is 23.0 Å². The highest BCUT2D eigenvalue weighted by Gasteiger charge is 2.27. The van der Waals surface area contributed by atoms with Crippen molar-refractivity contribution in [2.75, 3.05) is 68.2 Å². The largest absolute Gasteiger partial charge is 0.477 e. The molecule has 0 saturated carbocycles. The quantitative estimate of drug-likeness (QED) is 0.446. The Hall–Kier alpha value is -3.24. The second kappa shape index (κ2) is 11.7. The minimum Gasteiger partial charge on any atom is -0.477 e. The molecule has 2 saturated heterocycles. The highest BCUT2D eigenvalue weighted by molar-refractivity contribution is 6.09. The predicted octanol–water partition coefficient (Wildman–Crippen LogP) is 3.64. The first kappa shape index (κ1) is 25.8. The third kappa shape index (κ3) is 5.93. The summed E-state index contributed by atoms with van der Waals surface area (Å²) < 4.78 is 10.8. The van der Waals surface area contributed by atoms with Crippen LogP contribution >= 0.6 is 0 Å². The summed E-state index contributed by atoms with van der Waals surface area (Å²) in [6.07, 6.45) is 3.62. The van der Waals surface area contributed by atoms with E-state index in [-0.39, 0.29) is 11.6 Å². The normalized spacial score (nSPS) is 16.9. The van der Waals surface area contributed by atoms with Gasteiger partial charge in [-0.15, -0.1) is 0 Å². The molecule has 36 heavy (non-hydrogen) atoms. The van der Waals surface area contributed by atoms with E-state index in [1.165, 1.54) is 0 Å². The number of aromatic nitrogens is 2. The van der Waals surface area contributed by atoms with Gasteiger partial charge in [-0.3, -0.25) is 0 Å². The second-order valence-electron chi connectivity index (χ2n) is 9.64. The van der Waals surface area contributed by atoms with Gasteiger partial charge < -0.3 is 35.1 Å². The van der Waals surface area contributed by atoms with Crippen LogP contribution in [0.2, 0.25) is 0 Å². The fraction of sp³-hybridized carbons (Fsp3) is 0.538. The third-order valence-corrected chi connectivity index (χ3v) is 6.77. The lowest BCUT2D eigenvalue weighted by Crippen LogP contribution is -2.36. The maximum Gasteiger partial charge on any atom is 0.354 e. The molecular weight excluding hydrogens is 460 g/mol. The molecule has 2 aromatic heterocycles. The Morgan fingerprint density at radius 1 is 1.22 bits per heavy atom. The molecule has 2 fully saturated rings. The molecule has 0 aliphatic carbocycles. The van der Waals surface area contributed by atoms with Crippen LogP contribution in [0, 0.1) is 17.2 Å². The van der Waals surface area contributed by atoms with Crippen LogP contribution < -0.4 is 15.1 Å². The summed E-state index contributed by atoms with van der Waals surface area (Å²) in [6, 6.07) is 5.37. The van der Waals surface area contributed by atoms with Gasteiger partial charge >= 0.3 is 5.97 Å². The number of carboxylic acids is 1. The Balaban J connectivity index is 1.72. The molecule has 0 atom stereocenters. The van der Waals surface area contributed by atoms with E-state index in [0.717, 1.165) is 62.8 Å². The van der Waals surface area contributed by atoms with Gasteiger partial charge in [0, 0.05) is 63.6 Å². The third-order valence-electron chi connectivity index (χ3n) is 6.77. The Morgan fingerprint density at radius 2 is 1.94 bits per heavy atom. The average Bonchev–Trinajstić information content (AvgIpc) is 2.89. The highest BCUT2D eigenvalue weighted by atomic mass is 16.5. The van der Waals surface area contributed by atoms with Gasteiger partial charge in [-0.25, -0.2) is 14.8 Å². The summed E-state index contributed by atoms with van der Waals surface area (Å²) >= 11 is 0. The molecule has 0 unspecified atom stereocenters. The number of pyridine rings is 2. The van der Waals surface area contributed by atoms with E-state index >= 15 is 0 Å². The maximum absolute atomic E-state index is 12.0. The van der Waals surface area contributed by atoms with E-state index in [0.29, 0.717) is 36.2 Å². The van der Waals surface area contributed by atoms with Crippen molar-refractivity contribution in [3.8, 4) is 0 Å². The number of carbonyl (C=O) groups is 1. The lowest BCUT2D eigenvalue weighted by molar-refractivity contribution is 0.0690. The van der Waals surface area contributed by atoms with Crippen LogP contribution in [-0.2, 0) is 9.47 Å². The van der Waals surface area contributed by atoms with E-state index in [1.807, 2.05) is 26.0 Å². The first-order chi connectivity index (χ1) is 17.4. The number of nitrogens with zero attached hydrogens (tertiary/aromatic N) is 4. The molecule has 0 spiro atoms. The molecule has 194 valence electrons. The zero-order valence-corrected chi connectivity index (χ0v) is 21.3. The van der Waals surface area contributed by atoms with E-state index in [2.05, 4.69) is 25.1 Å². The van der Waals surface area contributed by atoms with Gasteiger partial charge in [0.15, 0.2) is 5.69 Å². The number of anilines is 4. The number of hydrogen-bond acceptors (Lipinski definition) is 9. The SMILES string of the molecule is COCC1CCN(c2cc(C(=O)O)nc(Nc3ccnc(N4CCOCC4)c3)c2C(=N)C(C)C)CC1. The summed E-state index contributed by atoms with van der Waals surface area (Å²) in [7, 11) is 1.72. The standard InChI is InChI=1S/C26H36N6O4/c1-17(2)24(27)23-21(31-8-5-18(6-9-31)16-35-3)15-20(26(33)34)30-25(23)29-19-4-7-28-22(14-19)32-10-12-36-13-11-32/h4,7,14-15,17-18,27H,5-6,8-13,16H2,1-3H3,(H,33,34)(H,28,29,30). The van der Waals surface area contributed by atoms with Gasteiger partial charge in [0.2, 0.25) is 0 Å². The van der Waals surface area contributed by atoms with Crippen molar-refractivity contribution < 1.29 is 19.4 Å². The number of hydrogen-bond donors (Lipinski definition) is 3. The van der Waals surface area contributed by atoms with Gasteiger partial charge in [0.1, 0.15) is 11.6 Å². The molecule has 10 heteroatoms. The van der Waals surface area contributed by atoms with Crippen molar-refractivity contribution in [3.05, 3.63) is 35.7 Å². The molecule has 0 aromatic carbocycles. The molecular formula is C26H36N6O4. The lowest BCUT2D eigenvalue weighted by Gasteiger charge is -2.35. The number of nitrogens with one attached hydrogen (secondary N) is 2. The van der Waals surface area contributed by atoms with Gasteiger partial charge in [-0.1, -0.05) is 13.8 Å². The number of aromatic carboxylic acids is 1.